The van der Waals surface area contributed by atoms with Crippen LogP contribution in [0.2, 0.25) is 0 Å². The summed E-state index contributed by atoms with van der Waals surface area (Å²) < 4.78 is 8.33. The maximum atomic E-state index is 5.38. The first-order valence-electron chi connectivity index (χ1n) is 7.82. The summed E-state index contributed by atoms with van der Waals surface area (Å²) in [6.07, 6.45) is 1.70. The largest absolute Gasteiger partial charge is 0.496 e. The summed E-state index contributed by atoms with van der Waals surface area (Å²) in [5.74, 6) is 1.37. The molecule has 134 valence electrons. The van der Waals surface area contributed by atoms with Gasteiger partial charge in [0.1, 0.15) is 5.75 Å². The highest BCUT2D eigenvalue weighted by Gasteiger charge is 2.09. The van der Waals surface area contributed by atoms with E-state index in [1.807, 2.05) is 61.5 Å². The van der Waals surface area contributed by atoms with Crippen molar-refractivity contribution in [3.8, 4) is 17.1 Å². The monoisotopic (exact) mass is 431 g/mol. The van der Waals surface area contributed by atoms with Gasteiger partial charge < -0.3 is 9.64 Å². The predicted octanol–water partition coefficient (Wildman–Crippen LogP) is 4.33. The Morgan fingerprint density at radius 3 is 2.62 bits per heavy atom. The predicted molar refractivity (Wildman–Crippen MR) is 111 cm³/mol. The molecule has 0 unspecified atom stereocenters. The molecule has 0 bridgehead atoms. The van der Waals surface area contributed by atoms with Gasteiger partial charge in [-0.3, -0.25) is 0 Å². The van der Waals surface area contributed by atoms with E-state index in [-0.39, 0.29) is 0 Å². The molecule has 0 atom stereocenters. The third kappa shape index (κ3) is 3.86. The molecule has 0 radical (unpaired) electrons. The first kappa shape index (κ1) is 18.3. The van der Waals surface area contributed by atoms with Crippen LogP contribution in [0.1, 0.15) is 5.56 Å². The molecule has 0 amide bonds. The molecule has 3 aromatic rings. The summed E-state index contributed by atoms with van der Waals surface area (Å²) >= 11 is 8.79. The molecule has 6 nitrogen and oxygen atoms in total. The molecule has 3 rings (SSSR count). The number of hydrogen-bond donors (Lipinski definition) is 1. The molecular weight excluding hydrogens is 414 g/mol. The lowest BCUT2D eigenvalue weighted by atomic mass is 10.2. The first-order valence-corrected chi connectivity index (χ1v) is 9.03. The van der Waals surface area contributed by atoms with E-state index in [2.05, 4.69) is 31.2 Å². The summed E-state index contributed by atoms with van der Waals surface area (Å²) in [7, 11) is 5.63. The van der Waals surface area contributed by atoms with Crippen LogP contribution in [0.3, 0.4) is 0 Å². The fourth-order valence-corrected chi connectivity index (χ4v) is 2.98. The zero-order valence-corrected chi connectivity index (χ0v) is 17.0. The number of H-pyrrole nitrogens is 1. The number of aromatic amines is 1. The third-order valence-corrected chi connectivity index (χ3v) is 4.55. The van der Waals surface area contributed by atoms with Crippen molar-refractivity contribution in [2.24, 2.45) is 5.10 Å². The van der Waals surface area contributed by atoms with Crippen molar-refractivity contribution in [3.63, 3.8) is 0 Å². The van der Waals surface area contributed by atoms with Crippen LogP contribution in [0.4, 0.5) is 5.69 Å². The standard InChI is InChI=1S/C18H18BrN5OS/c1-23(2)15-7-4-12(5-8-15)17-21-22-18(26)24(17)20-11-13-10-14(19)6-9-16(13)25-3/h4-11H,1-3H3,(H,22,26)/b20-11+. The number of nitrogens with zero attached hydrogens (tertiary/aromatic N) is 4. The molecule has 0 saturated heterocycles. The van der Waals surface area contributed by atoms with Crippen molar-refractivity contribution in [3.05, 3.63) is 57.3 Å². The number of benzene rings is 2. The Labute approximate surface area is 165 Å². The molecule has 0 aliphatic carbocycles. The van der Waals surface area contributed by atoms with E-state index in [0.29, 0.717) is 10.6 Å². The van der Waals surface area contributed by atoms with Crippen molar-refractivity contribution in [2.75, 3.05) is 26.1 Å². The molecule has 2 aromatic carbocycles. The van der Waals surface area contributed by atoms with Crippen LogP contribution in [0, 0.1) is 4.77 Å². The Morgan fingerprint density at radius 2 is 1.96 bits per heavy atom. The number of halogens is 1. The van der Waals surface area contributed by atoms with Crippen molar-refractivity contribution in [1.82, 2.24) is 14.9 Å². The number of anilines is 1. The Kier molecular flexibility index (Phi) is 5.53. The summed E-state index contributed by atoms with van der Waals surface area (Å²) in [5, 5.41) is 11.6. The quantitative estimate of drug-likeness (QED) is 0.482. The highest BCUT2D eigenvalue weighted by atomic mass is 79.9. The van der Waals surface area contributed by atoms with E-state index < -0.39 is 0 Å². The lowest BCUT2D eigenvalue weighted by molar-refractivity contribution is 0.414. The van der Waals surface area contributed by atoms with Gasteiger partial charge in [-0.2, -0.15) is 14.9 Å². The van der Waals surface area contributed by atoms with E-state index in [1.165, 1.54) is 0 Å². The zero-order chi connectivity index (χ0) is 18.7. The minimum absolute atomic E-state index is 0.418. The molecule has 1 N–H and O–H groups in total. The van der Waals surface area contributed by atoms with Crippen LogP contribution >= 0.6 is 28.1 Å². The Morgan fingerprint density at radius 1 is 1.23 bits per heavy atom. The van der Waals surface area contributed by atoms with E-state index >= 15 is 0 Å². The van der Waals surface area contributed by atoms with Gasteiger partial charge in [-0.15, -0.1) is 0 Å². The van der Waals surface area contributed by atoms with E-state index in [9.17, 15) is 0 Å². The average molecular weight is 432 g/mol. The third-order valence-electron chi connectivity index (χ3n) is 3.80. The summed E-state index contributed by atoms with van der Waals surface area (Å²) in [5.41, 5.74) is 2.86. The number of ether oxygens (including phenoxy) is 1. The second-order valence-corrected chi connectivity index (χ2v) is 7.04. The van der Waals surface area contributed by atoms with Gasteiger partial charge >= 0.3 is 0 Å². The zero-order valence-electron chi connectivity index (χ0n) is 14.6. The van der Waals surface area contributed by atoms with Crippen LogP contribution in [0.25, 0.3) is 11.4 Å². The van der Waals surface area contributed by atoms with Crippen LogP contribution in [-0.2, 0) is 0 Å². The lowest BCUT2D eigenvalue weighted by Gasteiger charge is -2.12. The second kappa shape index (κ2) is 7.84. The molecular formula is C18H18BrN5OS. The topological polar surface area (TPSA) is 58.4 Å². The maximum Gasteiger partial charge on any atom is 0.216 e. The smallest absolute Gasteiger partial charge is 0.216 e. The summed E-state index contributed by atoms with van der Waals surface area (Å²) in [6.45, 7) is 0. The molecule has 26 heavy (non-hydrogen) atoms. The molecule has 1 aromatic heterocycles. The minimum Gasteiger partial charge on any atom is -0.496 e. The van der Waals surface area contributed by atoms with Crippen LogP contribution in [-0.4, -0.2) is 42.3 Å². The Hall–Kier alpha value is -2.45. The average Bonchev–Trinajstić information content (AvgIpc) is 3.00. The lowest BCUT2D eigenvalue weighted by Crippen LogP contribution is -2.08. The van der Waals surface area contributed by atoms with Crippen LogP contribution < -0.4 is 9.64 Å². The molecule has 0 saturated carbocycles. The molecule has 8 heteroatoms. The van der Waals surface area contributed by atoms with Crippen LogP contribution in [0.15, 0.2) is 52.0 Å². The second-order valence-electron chi connectivity index (χ2n) is 5.74. The minimum atomic E-state index is 0.418. The van der Waals surface area contributed by atoms with E-state index in [1.54, 1.807) is 18.0 Å². The van der Waals surface area contributed by atoms with E-state index in [0.717, 1.165) is 27.0 Å². The Bertz CT molecular complexity index is 992. The number of methoxy groups -OCH3 is 1. The fraction of sp³-hybridized carbons (Fsp3) is 0.167. The van der Waals surface area contributed by atoms with E-state index in [4.69, 9.17) is 17.0 Å². The molecule has 0 fully saturated rings. The van der Waals surface area contributed by atoms with Gasteiger partial charge in [-0.05, 0) is 54.7 Å². The summed E-state index contributed by atoms with van der Waals surface area (Å²) in [6, 6.07) is 13.8. The number of aromatic nitrogens is 3. The Balaban J connectivity index is 1.99. The van der Waals surface area contributed by atoms with Crippen molar-refractivity contribution < 1.29 is 4.74 Å². The fourth-order valence-electron chi connectivity index (χ4n) is 2.42. The van der Waals surface area contributed by atoms with Gasteiger partial charge in [0.15, 0.2) is 5.82 Å². The molecule has 0 spiro atoms. The van der Waals surface area contributed by atoms with Crippen molar-refractivity contribution in [1.29, 1.82) is 0 Å². The van der Waals surface area contributed by atoms with Gasteiger partial charge in [0.25, 0.3) is 0 Å². The molecule has 1 heterocycles. The number of hydrogen-bond acceptors (Lipinski definition) is 5. The highest BCUT2D eigenvalue weighted by molar-refractivity contribution is 9.10. The number of rotatable bonds is 5. The highest BCUT2D eigenvalue weighted by Crippen LogP contribution is 2.23. The van der Waals surface area contributed by atoms with Gasteiger partial charge in [-0.25, -0.2) is 5.10 Å². The van der Waals surface area contributed by atoms with Crippen molar-refractivity contribution >= 4 is 40.0 Å². The summed E-state index contributed by atoms with van der Waals surface area (Å²) in [4.78, 5) is 2.04. The normalized spacial score (nSPS) is 11.1. The van der Waals surface area contributed by atoms with Gasteiger partial charge in [0, 0.05) is 35.4 Å². The van der Waals surface area contributed by atoms with Gasteiger partial charge in [0.2, 0.25) is 4.77 Å². The van der Waals surface area contributed by atoms with Gasteiger partial charge in [0.05, 0.1) is 13.3 Å². The number of nitrogens with one attached hydrogen (secondary N) is 1. The molecule has 0 aliphatic heterocycles. The van der Waals surface area contributed by atoms with Gasteiger partial charge in [-0.1, -0.05) is 15.9 Å². The molecule has 0 aliphatic rings. The van der Waals surface area contributed by atoms with Crippen LogP contribution in [0.5, 0.6) is 5.75 Å². The SMILES string of the molecule is COc1ccc(Br)cc1/C=N/n1c(-c2ccc(N(C)C)cc2)n[nH]c1=S. The first-order chi connectivity index (χ1) is 12.5. The maximum absolute atomic E-state index is 5.38. The van der Waals surface area contributed by atoms with Crippen molar-refractivity contribution in [2.45, 2.75) is 0 Å².